The molecular weight excluding hydrogens is 314 g/mol. The van der Waals surface area contributed by atoms with Gasteiger partial charge in [-0.2, -0.15) is 11.3 Å². The Morgan fingerprint density at radius 3 is 2.39 bits per heavy atom. The molecule has 0 atom stereocenters. The Morgan fingerprint density at radius 1 is 1.17 bits per heavy atom. The van der Waals surface area contributed by atoms with Gasteiger partial charge in [-0.05, 0) is 28.5 Å². The van der Waals surface area contributed by atoms with E-state index in [0.29, 0.717) is 23.8 Å². The van der Waals surface area contributed by atoms with E-state index >= 15 is 0 Å². The first-order valence-electron chi connectivity index (χ1n) is 6.95. The Balaban J connectivity index is 2.08. The lowest BCUT2D eigenvalue weighted by Gasteiger charge is -2.15. The summed E-state index contributed by atoms with van der Waals surface area (Å²) in [5.41, 5.74) is 1.76. The Hall–Kier alpha value is -2.47. The van der Waals surface area contributed by atoms with Gasteiger partial charge in [-0.15, -0.1) is 0 Å². The van der Waals surface area contributed by atoms with Crippen molar-refractivity contribution in [2.45, 2.75) is 6.54 Å². The van der Waals surface area contributed by atoms with E-state index in [9.17, 15) is 4.79 Å². The largest absolute Gasteiger partial charge is 0.496 e. The minimum absolute atomic E-state index is 0.184. The van der Waals surface area contributed by atoms with Gasteiger partial charge >= 0.3 is 0 Å². The normalized spacial score (nSPS) is 10.6. The van der Waals surface area contributed by atoms with Gasteiger partial charge in [0.1, 0.15) is 17.2 Å². The second-order valence-corrected chi connectivity index (χ2v) is 5.40. The van der Waals surface area contributed by atoms with Gasteiger partial charge in [0.05, 0.1) is 33.4 Å². The molecule has 23 heavy (non-hydrogen) atoms. The Kier molecular flexibility index (Phi) is 6.05. The molecule has 0 bridgehead atoms. The van der Waals surface area contributed by atoms with E-state index in [-0.39, 0.29) is 5.91 Å². The molecule has 1 N–H and O–H groups in total. The maximum absolute atomic E-state index is 11.9. The van der Waals surface area contributed by atoms with E-state index in [1.54, 1.807) is 50.9 Å². The lowest BCUT2D eigenvalue weighted by molar-refractivity contribution is -0.116. The highest BCUT2D eigenvalue weighted by molar-refractivity contribution is 7.08. The summed E-state index contributed by atoms with van der Waals surface area (Å²) in [6.45, 7) is 0.295. The number of thiophene rings is 1. The molecule has 0 radical (unpaired) electrons. The van der Waals surface area contributed by atoms with Crippen LogP contribution in [-0.2, 0) is 11.3 Å². The minimum atomic E-state index is -0.184. The van der Waals surface area contributed by atoms with Crippen molar-refractivity contribution in [3.05, 3.63) is 46.2 Å². The molecule has 0 unspecified atom stereocenters. The van der Waals surface area contributed by atoms with Crippen LogP contribution in [0, 0.1) is 0 Å². The maximum atomic E-state index is 11.9. The van der Waals surface area contributed by atoms with Crippen molar-refractivity contribution >= 4 is 23.3 Å². The van der Waals surface area contributed by atoms with Crippen LogP contribution >= 0.6 is 11.3 Å². The van der Waals surface area contributed by atoms with E-state index in [1.807, 2.05) is 16.8 Å². The molecule has 0 spiro atoms. The number of carbonyl (C=O) groups excluding carboxylic acids is 1. The van der Waals surface area contributed by atoms with Crippen molar-refractivity contribution in [2.24, 2.45) is 0 Å². The summed E-state index contributed by atoms with van der Waals surface area (Å²) >= 11 is 1.59. The molecule has 2 rings (SSSR count). The predicted molar refractivity (Wildman–Crippen MR) is 91.3 cm³/mol. The number of carbonyl (C=O) groups is 1. The van der Waals surface area contributed by atoms with Gasteiger partial charge in [0.25, 0.3) is 0 Å². The summed E-state index contributed by atoms with van der Waals surface area (Å²) in [5, 5.41) is 6.76. The molecule has 2 aromatic rings. The SMILES string of the molecule is COc1cc(OC)c(CNC(=O)/C=C/c2ccsc2)c(OC)c1. The van der Waals surface area contributed by atoms with E-state index in [2.05, 4.69) is 5.32 Å². The predicted octanol–water partition coefficient (Wildman–Crippen LogP) is 3.10. The molecule has 0 aliphatic heterocycles. The molecule has 0 aliphatic rings. The monoisotopic (exact) mass is 333 g/mol. The number of nitrogens with one attached hydrogen (secondary N) is 1. The molecule has 0 fully saturated rings. The van der Waals surface area contributed by atoms with Crippen LogP contribution in [0.5, 0.6) is 17.2 Å². The third-order valence-electron chi connectivity index (χ3n) is 3.23. The van der Waals surface area contributed by atoms with Crippen LogP contribution in [0.1, 0.15) is 11.1 Å². The van der Waals surface area contributed by atoms with Crippen molar-refractivity contribution in [3.63, 3.8) is 0 Å². The van der Waals surface area contributed by atoms with Crippen molar-refractivity contribution in [3.8, 4) is 17.2 Å². The van der Waals surface area contributed by atoms with Gasteiger partial charge in [-0.1, -0.05) is 0 Å². The highest BCUT2D eigenvalue weighted by Crippen LogP contribution is 2.33. The lowest BCUT2D eigenvalue weighted by Crippen LogP contribution is -2.21. The third-order valence-corrected chi connectivity index (χ3v) is 3.93. The van der Waals surface area contributed by atoms with Crippen molar-refractivity contribution < 1.29 is 19.0 Å². The zero-order chi connectivity index (χ0) is 16.7. The second-order valence-electron chi connectivity index (χ2n) is 4.62. The average molecular weight is 333 g/mol. The van der Waals surface area contributed by atoms with Gasteiger partial charge in [0.15, 0.2) is 0 Å². The molecule has 1 aromatic heterocycles. The van der Waals surface area contributed by atoms with E-state index in [0.717, 1.165) is 11.1 Å². The van der Waals surface area contributed by atoms with Crippen molar-refractivity contribution in [1.82, 2.24) is 5.32 Å². The van der Waals surface area contributed by atoms with Crippen LogP contribution in [0.25, 0.3) is 6.08 Å². The molecule has 0 saturated heterocycles. The number of amides is 1. The second kappa shape index (κ2) is 8.24. The maximum Gasteiger partial charge on any atom is 0.244 e. The van der Waals surface area contributed by atoms with E-state index in [4.69, 9.17) is 14.2 Å². The number of rotatable bonds is 7. The Morgan fingerprint density at radius 2 is 1.87 bits per heavy atom. The summed E-state index contributed by atoms with van der Waals surface area (Å²) in [6, 6.07) is 5.46. The van der Waals surface area contributed by atoms with Crippen LogP contribution in [0.2, 0.25) is 0 Å². The third kappa shape index (κ3) is 4.50. The summed E-state index contributed by atoms with van der Waals surface area (Å²) in [5.74, 6) is 1.65. The fourth-order valence-electron chi connectivity index (χ4n) is 2.03. The fraction of sp³-hybridized carbons (Fsp3) is 0.235. The van der Waals surface area contributed by atoms with Gasteiger partial charge in [-0.25, -0.2) is 0 Å². The Labute approximate surface area is 139 Å². The molecule has 1 amide bonds. The number of hydrogen-bond donors (Lipinski definition) is 1. The minimum Gasteiger partial charge on any atom is -0.496 e. The summed E-state index contributed by atoms with van der Waals surface area (Å²) in [4.78, 5) is 11.9. The molecule has 122 valence electrons. The van der Waals surface area contributed by atoms with Crippen LogP contribution in [0.15, 0.2) is 35.0 Å². The van der Waals surface area contributed by atoms with Gasteiger partial charge in [-0.3, -0.25) is 4.79 Å². The van der Waals surface area contributed by atoms with Gasteiger partial charge < -0.3 is 19.5 Å². The van der Waals surface area contributed by atoms with Crippen LogP contribution in [0.4, 0.5) is 0 Å². The molecule has 6 heteroatoms. The molecular formula is C17H19NO4S. The summed E-state index contributed by atoms with van der Waals surface area (Å²) in [6.07, 6.45) is 3.28. The van der Waals surface area contributed by atoms with Crippen LogP contribution in [-0.4, -0.2) is 27.2 Å². The van der Waals surface area contributed by atoms with Crippen molar-refractivity contribution in [1.29, 1.82) is 0 Å². The highest BCUT2D eigenvalue weighted by atomic mass is 32.1. The smallest absolute Gasteiger partial charge is 0.244 e. The molecule has 1 heterocycles. The lowest BCUT2D eigenvalue weighted by atomic mass is 10.1. The first-order chi connectivity index (χ1) is 11.2. The Bertz CT molecular complexity index is 655. The first-order valence-corrected chi connectivity index (χ1v) is 7.89. The summed E-state index contributed by atoms with van der Waals surface area (Å²) < 4.78 is 15.9. The zero-order valence-corrected chi connectivity index (χ0v) is 14.1. The van der Waals surface area contributed by atoms with Gasteiger partial charge in [0.2, 0.25) is 5.91 Å². The molecule has 0 aliphatic carbocycles. The van der Waals surface area contributed by atoms with Gasteiger partial charge in [0, 0.05) is 18.2 Å². The standard InChI is InChI=1S/C17H19NO4S/c1-20-13-8-15(21-2)14(16(9-13)22-3)10-18-17(19)5-4-12-6-7-23-11-12/h4-9,11H,10H2,1-3H3,(H,18,19)/b5-4+. The molecule has 1 aromatic carbocycles. The topological polar surface area (TPSA) is 56.8 Å². The van der Waals surface area contributed by atoms with Crippen LogP contribution < -0.4 is 19.5 Å². The summed E-state index contributed by atoms with van der Waals surface area (Å²) in [7, 11) is 4.71. The zero-order valence-electron chi connectivity index (χ0n) is 13.3. The quantitative estimate of drug-likeness (QED) is 0.791. The first kappa shape index (κ1) is 16.9. The van der Waals surface area contributed by atoms with Crippen LogP contribution in [0.3, 0.4) is 0 Å². The molecule has 5 nitrogen and oxygen atoms in total. The number of benzene rings is 1. The van der Waals surface area contributed by atoms with E-state index < -0.39 is 0 Å². The average Bonchev–Trinajstić information content (AvgIpc) is 3.10. The number of ether oxygens (including phenoxy) is 3. The van der Waals surface area contributed by atoms with E-state index in [1.165, 1.54) is 6.08 Å². The molecule has 0 saturated carbocycles. The highest BCUT2D eigenvalue weighted by Gasteiger charge is 2.13. The fourth-order valence-corrected chi connectivity index (χ4v) is 2.66. The van der Waals surface area contributed by atoms with Crippen molar-refractivity contribution in [2.75, 3.05) is 21.3 Å². The number of hydrogen-bond acceptors (Lipinski definition) is 5. The number of methoxy groups -OCH3 is 3.